The van der Waals surface area contributed by atoms with Crippen LogP contribution in [0.4, 0.5) is 5.69 Å². The summed E-state index contributed by atoms with van der Waals surface area (Å²) in [7, 11) is 0. The molecule has 0 bridgehead atoms. The van der Waals surface area contributed by atoms with Gasteiger partial charge in [-0.05, 0) is 12.3 Å². The summed E-state index contributed by atoms with van der Waals surface area (Å²) in [5.74, 6) is -1.22. The molecule has 0 spiro atoms. The lowest BCUT2D eigenvalue weighted by atomic mass is 10.0. The molecule has 1 amide bonds. The second-order valence-corrected chi connectivity index (χ2v) is 6.64. The molecule has 150 valence electrons. The zero-order chi connectivity index (χ0) is 20.7. The molecular formula is C20H25N3O5. The number of carbonyl (C=O) groups excluding carboxylic acids is 2. The van der Waals surface area contributed by atoms with Crippen LogP contribution in [0.1, 0.15) is 60.2 Å². The molecule has 0 aliphatic rings. The molecule has 0 fully saturated rings. The number of esters is 1. The molecular weight excluding hydrogens is 362 g/mol. The van der Waals surface area contributed by atoms with Gasteiger partial charge in [-0.15, -0.1) is 0 Å². The van der Waals surface area contributed by atoms with Crippen LogP contribution in [-0.4, -0.2) is 28.4 Å². The smallest absolute Gasteiger partial charge is 0.341 e. The van der Waals surface area contributed by atoms with E-state index in [9.17, 15) is 19.7 Å². The van der Waals surface area contributed by atoms with Crippen LogP contribution >= 0.6 is 0 Å². The quantitative estimate of drug-likeness (QED) is 0.361. The number of aromatic amines is 1. The number of ether oxygens (including phenoxy) is 1. The molecule has 0 radical (unpaired) electrons. The molecule has 1 heterocycles. The molecule has 8 heteroatoms. The highest BCUT2D eigenvalue weighted by molar-refractivity contribution is 6.08. The summed E-state index contributed by atoms with van der Waals surface area (Å²) >= 11 is 0. The van der Waals surface area contributed by atoms with Gasteiger partial charge in [0.1, 0.15) is 0 Å². The van der Waals surface area contributed by atoms with E-state index in [1.54, 1.807) is 6.07 Å². The third kappa shape index (κ3) is 4.97. The normalized spacial score (nSPS) is 11.8. The number of primary amides is 1. The SMILES string of the molecule is CCCCC(CC)COC(=O)c1c(C(N)=O)c[nH]c1-c1cccc([N+](=O)[O-])c1. The molecule has 1 aromatic carbocycles. The van der Waals surface area contributed by atoms with Gasteiger partial charge < -0.3 is 15.5 Å². The van der Waals surface area contributed by atoms with Crippen LogP contribution in [0.2, 0.25) is 0 Å². The predicted octanol–water partition coefficient (Wildman–Crippen LogP) is 4.06. The topological polar surface area (TPSA) is 128 Å². The van der Waals surface area contributed by atoms with Gasteiger partial charge in [0.15, 0.2) is 0 Å². The maximum atomic E-state index is 12.8. The highest BCUT2D eigenvalue weighted by atomic mass is 16.6. The number of nitrogens with one attached hydrogen (secondary N) is 1. The van der Waals surface area contributed by atoms with Crippen LogP contribution in [0.5, 0.6) is 0 Å². The average Bonchev–Trinajstić information content (AvgIpc) is 3.13. The van der Waals surface area contributed by atoms with Crippen molar-refractivity contribution in [1.82, 2.24) is 4.98 Å². The fraction of sp³-hybridized carbons (Fsp3) is 0.400. The molecule has 0 aliphatic carbocycles. The largest absolute Gasteiger partial charge is 0.462 e. The van der Waals surface area contributed by atoms with E-state index in [4.69, 9.17) is 10.5 Å². The van der Waals surface area contributed by atoms with Gasteiger partial charge >= 0.3 is 5.97 Å². The number of nitro groups is 1. The number of carbonyl (C=O) groups is 2. The van der Waals surface area contributed by atoms with Crippen LogP contribution < -0.4 is 5.73 Å². The van der Waals surface area contributed by atoms with Gasteiger partial charge in [0.25, 0.3) is 11.6 Å². The van der Waals surface area contributed by atoms with Crippen molar-refractivity contribution >= 4 is 17.6 Å². The van der Waals surface area contributed by atoms with Crippen molar-refractivity contribution in [2.45, 2.75) is 39.5 Å². The van der Waals surface area contributed by atoms with Crippen molar-refractivity contribution in [2.75, 3.05) is 6.61 Å². The number of unbranched alkanes of at least 4 members (excludes halogenated alkanes) is 1. The fourth-order valence-electron chi connectivity index (χ4n) is 3.00. The molecule has 0 saturated carbocycles. The second-order valence-electron chi connectivity index (χ2n) is 6.64. The first-order chi connectivity index (χ1) is 13.4. The average molecular weight is 387 g/mol. The Morgan fingerprint density at radius 3 is 2.68 bits per heavy atom. The Balaban J connectivity index is 2.33. The highest BCUT2D eigenvalue weighted by Gasteiger charge is 2.25. The summed E-state index contributed by atoms with van der Waals surface area (Å²) < 4.78 is 5.47. The number of rotatable bonds is 10. The number of nitro benzene ring substituents is 1. The number of nitrogens with zero attached hydrogens (tertiary/aromatic N) is 1. The summed E-state index contributed by atoms with van der Waals surface area (Å²) in [5.41, 5.74) is 5.92. The minimum absolute atomic E-state index is 0.00153. The van der Waals surface area contributed by atoms with E-state index in [0.29, 0.717) is 5.56 Å². The van der Waals surface area contributed by atoms with Gasteiger partial charge in [0.05, 0.1) is 28.4 Å². The van der Waals surface area contributed by atoms with E-state index >= 15 is 0 Å². The lowest BCUT2D eigenvalue weighted by molar-refractivity contribution is -0.384. The minimum atomic E-state index is -0.780. The van der Waals surface area contributed by atoms with Gasteiger partial charge in [-0.1, -0.05) is 45.2 Å². The predicted molar refractivity (Wildman–Crippen MR) is 105 cm³/mol. The van der Waals surface area contributed by atoms with Crippen molar-refractivity contribution in [3.05, 3.63) is 51.7 Å². The lowest BCUT2D eigenvalue weighted by Gasteiger charge is -2.15. The van der Waals surface area contributed by atoms with Crippen LogP contribution in [-0.2, 0) is 4.74 Å². The molecule has 0 saturated heterocycles. The number of non-ortho nitro benzene ring substituents is 1. The van der Waals surface area contributed by atoms with Gasteiger partial charge in [-0.25, -0.2) is 4.79 Å². The first-order valence-corrected chi connectivity index (χ1v) is 9.32. The van der Waals surface area contributed by atoms with Crippen LogP contribution in [0.15, 0.2) is 30.5 Å². The van der Waals surface area contributed by atoms with Crippen LogP contribution in [0.3, 0.4) is 0 Å². The number of benzene rings is 1. The Morgan fingerprint density at radius 2 is 2.07 bits per heavy atom. The molecule has 1 unspecified atom stereocenters. The van der Waals surface area contributed by atoms with Gasteiger partial charge in [0, 0.05) is 23.9 Å². The van der Waals surface area contributed by atoms with Gasteiger partial charge in [-0.2, -0.15) is 0 Å². The Labute approximate surface area is 163 Å². The lowest BCUT2D eigenvalue weighted by Crippen LogP contribution is -2.19. The monoisotopic (exact) mass is 387 g/mol. The third-order valence-electron chi connectivity index (χ3n) is 4.69. The number of hydrogen-bond acceptors (Lipinski definition) is 5. The summed E-state index contributed by atoms with van der Waals surface area (Å²) in [5, 5.41) is 11.0. The summed E-state index contributed by atoms with van der Waals surface area (Å²) in [4.78, 5) is 37.9. The van der Waals surface area contributed by atoms with Gasteiger partial charge in [-0.3, -0.25) is 14.9 Å². The van der Waals surface area contributed by atoms with Crippen molar-refractivity contribution in [2.24, 2.45) is 11.7 Å². The Morgan fingerprint density at radius 1 is 1.32 bits per heavy atom. The molecule has 0 aliphatic heterocycles. The third-order valence-corrected chi connectivity index (χ3v) is 4.69. The summed E-state index contributed by atoms with van der Waals surface area (Å²) in [6, 6.07) is 5.78. The fourth-order valence-corrected chi connectivity index (χ4v) is 3.00. The maximum absolute atomic E-state index is 12.8. The van der Waals surface area contributed by atoms with Crippen LogP contribution in [0.25, 0.3) is 11.3 Å². The van der Waals surface area contributed by atoms with Crippen molar-refractivity contribution in [3.8, 4) is 11.3 Å². The Bertz CT molecular complexity index is 859. The maximum Gasteiger partial charge on any atom is 0.341 e. The number of nitrogens with two attached hydrogens (primary N) is 1. The van der Waals surface area contributed by atoms with Crippen molar-refractivity contribution in [3.63, 3.8) is 0 Å². The first-order valence-electron chi connectivity index (χ1n) is 9.32. The molecule has 1 atom stereocenters. The first kappa shape index (κ1) is 21.1. The van der Waals surface area contributed by atoms with Gasteiger partial charge in [0.2, 0.25) is 0 Å². The molecule has 28 heavy (non-hydrogen) atoms. The zero-order valence-corrected chi connectivity index (χ0v) is 16.1. The zero-order valence-electron chi connectivity index (χ0n) is 16.1. The summed E-state index contributed by atoms with van der Waals surface area (Å²) in [6.45, 7) is 4.38. The number of hydrogen-bond donors (Lipinski definition) is 2. The van der Waals surface area contributed by atoms with Crippen molar-refractivity contribution < 1.29 is 19.2 Å². The van der Waals surface area contributed by atoms with E-state index in [1.165, 1.54) is 24.4 Å². The Hall–Kier alpha value is -3.16. The molecule has 8 nitrogen and oxygen atoms in total. The summed E-state index contributed by atoms with van der Waals surface area (Å²) in [6.07, 6.45) is 5.26. The number of H-pyrrole nitrogens is 1. The Kier molecular flexibility index (Phi) is 7.31. The van der Waals surface area contributed by atoms with E-state index in [1.807, 2.05) is 6.92 Å². The molecule has 2 rings (SSSR count). The second kappa shape index (κ2) is 9.68. The minimum Gasteiger partial charge on any atom is -0.462 e. The highest BCUT2D eigenvalue weighted by Crippen LogP contribution is 2.29. The number of aromatic nitrogens is 1. The number of amides is 1. The van der Waals surface area contributed by atoms with E-state index < -0.39 is 16.8 Å². The standard InChI is InChI=1S/C20H25N3O5/c1-3-5-7-13(4-2)12-28-20(25)17-16(19(21)24)11-22-18(17)14-8-6-9-15(10-14)23(26)27/h6,8-11,13,22H,3-5,7,12H2,1-2H3,(H2,21,24). The molecule has 1 aromatic heterocycles. The van der Waals surface area contributed by atoms with E-state index in [0.717, 1.165) is 25.7 Å². The van der Waals surface area contributed by atoms with E-state index in [-0.39, 0.29) is 35.0 Å². The molecule has 3 N–H and O–H groups in total. The van der Waals surface area contributed by atoms with E-state index in [2.05, 4.69) is 11.9 Å². The van der Waals surface area contributed by atoms with Crippen LogP contribution in [0, 0.1) is 16.0 Å². The van der Waals surface area contributed by atoms with Crippen molar-refractivity contribution in [1.29, 1.82) is 0 Å². The molecule has 2 aromatic rings.